The van der Waals surface area contributed by atoms with Crippen molar-refractivity contribution >= 4 is 28.4 Å². The molecule has 5 rings (SSSR count). The van der Waals surface area contributed by atoms with Crippen LogP contribution in [0.15, 0.2) is 24.5 Å². The Labute approximate surface area is 161 Å². The van der Waals surface area contributed by atoms with E-state index >= 15 is 0 Å². The smallest absolute Gasteiger partial charge is 0.253 e. The number of fused-ring (bicyclic) bond motifs is 1. The quantitative estimate of drug-likeness (QED) is 0.711. The van der Waals surface area contributed by atoms with Crippen LogP contribution in [-0.2, 0) is 14.3 Å². The van der Waals surface area contributed by atoms with Gasteiger partial charge in [-0.3, -0.25) is 9.89 Å². The molecule has 1 amide bonds. The number of H-pyrrole nitrogens is 1. The average molecular weight is 383 g/mol. The molecule has 0 aliphatic carbocycles. The Morgan fingerprint density at radius 2 is 2.11 bits per heavy atom. The van der Waals surface area contributed by atoms with Crippen molar-refractivity contribution in [3.05, 3.63) is 24.5 Å². The van der Waals surface area contributed by atoms with Crippen LogP contribution in [0, 0.1) is 0 Å². The van der Waals surface area contributed by atoms with Crippen LogP contribution < -0.4 is 9.80 Å². The topological polar surface area (TPSA) is 101 Å². The largest absolute Gasteiger partial charge is 0.377 e. The molecule has 0 spiro atoms. The third kappa shape index (κ3) is 2.81. The molecule has 0 saturated carbocycles. The van der Waals surface area contributed by atoms with Gasteiger partial charge >= 0.3 is 0 Å². The molecule has 0 bridgehead atoms. The maximum absolute atomic E-state index is 12.5. The number of amides is 1. The molecule has 3 aromatic rings. The van der Waals surface area contributed by atoms with E-state index in [1.54, 1.807) is 22.0 Å². The van der Waals surface area contributed by atoms with Crippen molar-refractivity contribution in [2.45, 2.75) is 13.0 Å². The number of ether oxygens (including phenoxy) is 2. The van der Waals surface area contributed by atoms with E-state index in [0.717, 1.165) is 23.4 Å². The van der Waals surface area contributed by atoms with Gasteiger partial charge < -0.3 is 19.3 Å². The number of aromatic amines is 1. The van der Waals surface area contributed by atoms with Gasteiger partial charge in [-0.1, -0.05) is 0 Å². The number of pyridine rings is 1. The molecule has 2 saturated heterocycles. The lowest BCUT2D eigenvalue weighted by molar-refractivity contribution is -0.125. The highest BCUT2D eigenvalue weighted by molar-refractivity contribution is 6.03. The fourth-order valence-electron chi connectivity index (χ4n) is 3.72. The van der Waals surface area contributed by atoms with E-state index < -0.39 is 0 Å². The summed E-state index contributed by atoms with van der Waals surface area (Å²) in [6.07, 6.45) is 3.48. The molecule has 0 aromatic carbocycles. The van der Waals surface area contributed by atoms with Crippen molar-refractivity contribution < 1.29 is 14.3 Å². The lowest BCUT2D eigenvalue weighted by atomic mass is 10.2. The lowest BCUT2D eigenvalue weighted by Gasteiger charge is -2.35. The number of carbonyl (C=O) groups excluding carboxylic acids is 1. The number of hydrogen-bond acceptors (Lipinski definition) is 7. The number of nitrogens with zero attached hydrogens (tertiary/aromatic N) is 6. The first-order chi connectivity index (χ1) is 13.7. The van der Waals surface area contributed by atoms with E-state index in [1.165, 1.54) is 0 Å². The van der Waals surface area contributed by atoms with Gasteiger partial charge in [-0.05, 0) is 6.92 Å². The number of nitrogens with one attached hydrogen (secondary N) is 1. The highest BCUT2D eigenvalue weighted by Gasteiger charge is 2.27. The van der Waals surface area contributed by atoms with E-state index in [2.05, 4.69) is 27.1 Å². The molecule has 28 heavy (non-hydrogen) atoms. The van der Waals surface area contributed by atoms with E-state index in [0.29, 0.717) is 37.8 Å². The molecule has 10 nitrogen and oxygen atoms in total. The van der Waals surface area contributed by atoms with Crippen LogP contribution in [0.5, 0.6) is 0 Å². The Hall–Kier alpha value is -2.98. The van der Waals surface area contributed by atoms with Crippen molar-refractivity contribution in [3.63, 3.8) is 0 Å². The van der Waals surface area contributed by atoms with Crippen molar-refractivity contribution in [2.24, 2.45) is 0 Å². The predicted molar refractivity (Wildman–Crippen MR) is 102 cm³/mol. The summed E-state index contributed by atoms with van der Waals surface area (Å²) in [4.78, 5) is 21.4. The predicted octanol–water partition coefficient (Wildman–Crippen LogP) is 0.732. The summed E-state index contributed by atoms with van der Waals surface area (Å²) in [6, 6.07) is 4.00. The molecule has 3 aromatic heterocycles. The summed E-state index contributed by atoms with van der Waals surface area (Å²) in [5.74, 6) is 1.39. The Balaban J connectivity index is 1.69. The zero-order valence-electron chi connectivity index (χ0n) is 15.5. The van der Waals surface area contributed by atoms with E-state index in [4.69, 9.17) is 14.5 Å². The van der Waals surface area contributed by atoms with Gasteiger partial charge in [0.05, 0.1) is 43.1 Å². The molecule has 1 N–H and O–H groups in total. The van der Waals surface area contributed by atoms with Crippen LogP contribution in [-0.4, -0.2) is 76.4 Å². The number of rotatable bonds is 3. The molecular formula is C18H21N7O3. The van der Waals surface area contributed by atoms with Crippen molar-refractivity contribution in [2.75, 3.05) is 49.3 Å². The first-order valence-electron chi connectivity index (χ1n) is 9.34. The third-order valence-corrected chi connectivity index (χ3v) is 5.15. The minimum atomic E-state index is -0.0627. The zero-order chi connectivity index (χ0) is 19.1. The molecule has 5 heterocycles. The number of hydrogen-bond donors (Lipinski definition) is 1. The molecule has 0 radical (unpaired) electrons. The highest BCUT2D eigenvalue weighted by Crippen LogP contribution is 2.33. The van der Waals surface area contributed by atoms with E-state index in [1.807, 2.05) is 12.1 Å². The molecule has 2 aliphatic heterocycles. The Kier molecular flexibility index (Phi) is 4.21. The first kappa shape index (κ1) is 17.1. The maximum Gasteiger partial charge on any atom is 0.253 e. The summed E-state index contributed by atoms with van der Waals surface area (Å²) >= 11 is 0. The molecule has 146 valence electrons. The highest BCUT2D eigenvalue weighted by atomic mass is 16.5. The molecule has 2 aliphatic rings. The average Bonchev–Trinajstić information content (AvgIpc) is 3.37. The fourth-order valence-corrected chi connectivity index (χ4v) is 3.72. The minimum absolute atomic E-state index is 0.0627. The maximum atomic E-state index is 12.5. The van der Waals surface area contributed by atoms with Gasteiger partial charge in [0.2, 0.25) is 0 Å². The molecular weight excluding hydrogens is 362 g/mol. The summed E-state index contributed by atoms with van der Waals surface area (Å²) in [6.45, 7) is 5.23. The monoisotopic (exact) mass is 383 g/mol. The SMILES string of the molecule is C[C@@H]1COCCN1c1cc(N2CCOCC2=O)c2cnn(-c3cc[nH]n3)c2n1. The Morgan fingerprint density at radius 3 is 2.89 bits per heavy atom. The van der Waals surface area contributed by atoms with E-state index in [-0.39, 0.29) is 18.6 Å². The third-order valence-electron chi connectivity index (χ3n) is 5.15. The minimum Gasteiger partial charge on any atom is -0.377 e. The van der Waals surface area contributed by atoms with Crippen molar-refractivity contribution in [1.82, 2.24) is 25.0 Å². The summed E-state index contributed by atoms with van der Waals surface area (Å²) in [5.41, 5.74) is 1.46. The molecule has 2 fully saturated rings. The standard InChI is InChI=1S/C18H21N7O3/c1-12-10-27-6-4-23(12)16-8-14(24-5-7-28-11-17(24)26)13-9-20-25(18(13)21-16)15-2-3-19-22-15/h2-3,8-9,12H,4-7,10-11H2,1H3,(H,19,22)/t12-/m1/s1. The number of aromatic nitrogens is 5. The van der Waals surface area contributed by atoms with Gasteiger partial charge in [-0.25, -0.2) is 4.98 Å². The van der Waals surface area contributed by atoms with Gasteiger partial charge in [-0.2, -0.15) is 14.9 Å². The van der Waals surface area contributed by atoms with Gasteiger partial charge in [0, 0.05) is 31.4 Å². The van der Waals surface area contributed by atoms with Crippen LogP contribution in [0.3, 0.4) is 0 Å². The van der Waals surface area contributed by atoms with Crippen molar-refractivity contribution in [1.29, 1.82) is 0 Å². The summed E-state index contributed by atoms with van der Waals surface area (Å²) < 4.78 is 12.6. The van der Waals surface area contributed by atoms with Gasteiger partial charge in [0.1, 0.15) is 12.4 Å². The number of carbonyl (C=O) groups is 1. The summed E-state index contributed by atoms with van der Waals surface area (Å²) in [5, 5.41) is 12.3. The normalized spacial score (nSPS) is 20.9. The lowest BCUT2D eigenvalue weighted by Crippen LogP contribution is -2.45. The second-order valence-electron chi connectivity index (χ2n) is 6.94. The number of morpholine rings is 2. The van der Waals surface area contributed by atoms with Gasteiger partial charge in [0.15, 0.2) is 11.5 Å². The van der Waals surface area contributed by atoms with Crippen LogP contribution >= 0.6 is 0 Å². The number of anilines is 2. The van der Waals surface area contributed by atoms with Crippen LogP contribution in [0.1, 0.15) is 6.92 Å². The van der Waals surface area contributed by atoms with Crippen LogP contribution in [0.25, 0.3) is 16.9 Å². The molecule has 1 atom stereocenters. The second kappa shape index (κ2) is 6.88. The Morgan fingerprint density at radius 1 is 1.21 bits per heavy atom. The van der Waals surface area contributed by atoms with Gasteiger partial charge in [0.25, 0.3) is 5.91 Å². The Bertz CT molecular complexity index is 1000. The summed E-state index contributed by atoms with van der Waals surface area (Å²) in [7, 11) is 0. The molecule has 10 heteroatoms. The zero-order valence-corrected chi connectivity index (χ0v) is 15.5. The van der Waals surface area contributed by atoms with Gasteiger partial charge in [-0.15, -0.1) is 0 Å². The van der Waals surface area contributed by atoms with Crippen LogP contribution in [0.2, 0.25) is 0 Å². The fraction of sp³-hybridized carbons (Fsp3) is 0.444. The first-order valence-corrected chi connectivity index (χ1v) is 9.34. The van der Waals surface area contributed by atoms with E-state index in [9.17, 15) is 4.79 Å². The second-order valence-corrected chi connectivity index (χ2v) is 6.94. The van der Waals surface area contributed by atoms with Crippen molar-refractivity contribution in [3.8, 4) is 5.82 Å². The van der Waals surface area contributed by atoms with Crippen LogP contribution in [0.4, 0.5) is 11.5 Å². The molecule has 0 unspecified atom stereocenters.